The maximum Gasteiger partial charge on any atom is 0.266 e. The summed E-state index contributed by atoms with van der Waals surface area (Å²) in [6.07, 6.45) is 0. The quantitative estimate of drug-likeness (QED) is 0.567. The molecule has 0 saturated carbocycles. The largest absolute Gasteiger partial charge is 0.379 e. The zero-order valence-corrected chi connectivity index (χ0v) is 19.8. The van der Waals surface area contributed by atoms with Crippen LogP contribution in [0, 0.1) is 13.8 Å². The molecule has 178 valence electrons. The molecule has 1 saturated heterocycles. The van der Waals surface area contributed by atoms with Crippen LogP contribution in [0.5, 0.6) is 0 Å². The van der Waals surface area contributed by atoms with Gasteiger partial charge in [-0.2, -0.15) is 0 Å². The molecule has 0 spiro atoms. The van der Waals surface area contributed by atoms with E-state index in [-0.39, 0.29) is 17.4 Å². The number of hydrogen-bond donors (Lipinski definition) is 1. The van der Waals surface area contributed by atoms with E-state index in [1.807, 2.05) is 56.3 Å². The number of carbonyl (C=O) groups excluding carboxylic acids is 3. The first kappa shape index (κ1) is 23.0. The minimum Gasteiger partial charge on any atom is -0.379 e. The van der Waals surface area contributed by atoms with Gasteiger partial charge in [-0.1, -0.05) is 24.3 Å². The van der Waals surface area contributed by atoms with Crippen LogP contribution < -0.4 is 10.2 Å². The van der Waals surface area contributed by atoms with Gasteiger partial charge in [0.2, 0.25) is 0 Å². The van der Waals surface area contributed by atoms with Crippen LogP contribution in [0.4, 0.5) is 11.4 Å². The second-order valence-corrected chi connectivity index (χ2v) is 9.04. The molecule has 35 heavy (non-hydrogen) atoms. The first-order chi connectivity index (χ1) is 16.9. The lowest BCUT2D eigenvalue weighted by Crippen LogP contribution is -2.35. The molecule has 3 amide bonds. The van der Waals surface area contributed by atoms with E-state index < -0.39 is 5.91 Å². The molecule has 7 heteroatoms. The van der Waals surface area contributed by atoms with Crippen LogP contribution in [0.2, 0.25) is 0 Å². The van der Waals surface area contributed by atoms with Crippen molar-refractivity contribution in [2.75, 3.05) is 36.5 Å². The third-order valence-corrected chi connectivity index (χ3v) is 6.45. The molecular formula is C28H27N3O4. The van der Waals surface area contributed by atoms with Crippen LogP contribution in [0.3, 0.4) is 0 Å². The van der Waals surface area contributed by atoms with Gasteiger partial charge < -0.3 is 10.1 Å². The second-order valence-electron chi connectivity index (χ2n) is 9.04. The van der Waals surface area contributed by atoms with E-state index in [0.717, 1.165) is 49.5 Å². The summed E-state index contributed by atoms with van der Waals surface area (Å²) in [5, 5.41) is 2.92. The molecule has 3 aromatic carbocycles. The SMILES string of the molecule is Cc1ccc(C)c(N2C(=O)c3ccc(C(=O)Nc4cccc(CN5CCOCC5)c4)cc3C2=O)c1. The number of rotatable bonds is 5. The minimum absolute atomic E-state index is 0.240. The molecule has 0 aliphatic carbocycles. The number of imide groups is 1. The smallest absolute Gasteiger partial charge is 0.266 e. The van der Waals surface area contributed by atoms with Crippen molar-refractivity contribution in [3.63, 3.8) is 0 Å². The highest BCUT2D eigenvalue weighted by atomic mass is 16.5. The normalized spacial score (nSPS) is 15.9. The number of nitrogens with one attached hydrogen (secondary N) is 1. The zero-order valence-electron chi connectivity index (χ0n) is 19.8. The number of amides is 3. The van der Waals surface area contributed by atoms with Gasteiger partial charge in [0, 0.05) is 30.9 Å². The van der Waals surface area contributed by atoms with Crippen LogP contribution in [-0.2, 0) is 11.3 Å². The molecule has 0 bridgehead atoms. The van der Waals surface area contributed by atoms with Crippen LogP contribution in [0.15, 0.2) is 60.7 Å². The molecule has 1 fully saturated rings. The number of benzene rings is 3. The molecule has 1 N–H and O–H groups in total. The van der Waals surface area contributed by atoms with Gasteiger partial charge in [-0.3, -0.25) is 19.3 Å². The van der Waals surface area contributed by atoms with Crippen LogP contribution >= 0.6 is 0 Å². The van der Waals surface area contributed by atoms with E-state index in [1.165, 1.54) is 11.0 Å². The van der Waals surface area contributed by atoms with Crippen LogP contribution in [0.25, 0.3) is 0 Å². The second kappa shape index (κ2) is 9.44. The average molecular weight is 470 g/mol. The Kier molecular flexibility index (Phi) is 6.19. The summed E-state index contributed by atoms with van der Waals surface area (Å²) >= 11 is 0. The lowest BCUT2D eigenvalue weighted by molar-refractivity contribution is 0.0342. The van der Waals surface area contributed by atoms with Crippen molar-refractivity contribution < 1.29 is 19.1 Å². The molecular weight excluding hydrogens is 442 g/mol. The fourth-order valence-corrected chi connectivity index (χ4v) is 4.53. The highest BCUT2D eigenvalue weighted by Crippen LogP contribution is 2.32. The zero-order chi connectivity index (χ0) is 24.5. The molecule has 0 radical (unpaired) electrons. The van der Waals surface area contributed by atoms with Crippen molar-refractivity contribution in [3.8, 4) is 0 Å². The summed E-state index contributed by atoms with van der Waals surface area (Å²) in [4.78, 5) is 42.8. The van der Waals surface area contributed by atoms with Gasteiger partial charge in [0.05, 0.1) is 30.0 Å². The molecule has 2 heterocycles. The van der Waals surface area contributed by atoms with Gasteiger partial charge >= 0.3 is 0 Å². The Balaban J connectivity index is 1.34. The van der Waals surface area contributed by atoms with Crippen molar-refractivity contribution in [2.24, 2.45) is 0 Å². The lowest BCUT2D eigenvalue weighted by atomic mass is 10.1. The predicted molar refractivity (Wildman–Crippen MR) is 134 cm³/mol. The van der Waals surface area contributed by atoms with E-state index in [9.17, 15) is 14.4 Å². The van der Waals surface area contributed by atoms with Crippen molar-refractivity contribution in [3.05, 3.63) is 94.0 Å². The van der Waals surface area contributed by atoms with E-state index >= 15 is 0 Å². The number of ether oxygens (including phenoxy) is 1. The average Bonchev–Trinajstić information content (AvgIpc) is 3.10. The summed E-state index contributed by atoms with van der Waals surface area (Å²) < 4.78 is 5.40. The summed E-state index contributed by atoms with van der Waals surface area (Å²) in [5.41, 5.74) is 5.01. The summed E-state index contributed by atoms with van der Waals surface area (Å²) in [6, 6.07) is 18.1. The Labute approximate surface area is 204 Å². The van der Waals surface area contributed by atoms with Gasteiger partial charge in [-0.15, -0.1) is 0 Å². The maximum absolute atomic E-state index is 13.2. The summed E-state index contributed by atoms with van der Waals surface area (Å²) in [5.74, 6) is -1.12. The summed E-state index contributed by atoms with van der Waals surface area (Å²) in [6.45, 7) is 7.81. The Morgan fingerprint density at radius 2 is 1.69 bits per heavy atom. The predicted octanol–water partition coefficient (Wildman–Crippen LogP) is 4.19. The van der Waals surface area contributed by atoms with E-state index in [2.05, 4.69) is 10.2 Å². The Bertz CT molecular complexity index is 1330. The number of morpholine rings is 1. The first-order valence-corrected chi connectivity index (χ1v) is 11.7. The standard InChI is InChI=1S/C28H27N3O4/c1-18-6-7-19(2)25(14-18)31-27(33)23-9-8-21(16-24(23)28(31)34)26(32)29-22-5-3-4-20(15-22)17-30-10-12-35-13-11-30/h3-9,14-16H,10-13,17H2,1-2H3,(H,29,32). The molecule has 0 atom stereocenters. The van der Waals surface area contributed by atoms with E-state index in [0.29, 0.717) is 22.5 Å². The fourth-order valence-electron chi connectivity index (χ4n) is 4.53. The molecule has 2 aliphatic heterocycles. The molecule has 7 nitrogen and oxygen atoms in total. The number of anilines is 2. The third-order valence-electron chi connectivity index (χ3n) is 6.45. The number of nitrogens with zero attached hydrogens (tertiary/aromatic N) is 2. The maximum atomic E-state index is 13.2. The van der Waals surface area contributed by atoms with Crippen molar-refractivity contribution >= 4 is 29.1 Å². The van der Waals surface area contributed by atoms with Gasteiger partial charge in [0.15, 0.2) is 0 Å². The first-order valence-electron chi connectivity index (χ1n) is 11.7. The van der Waals surface area contributed by atoms with Crippen LogP contribution in [-0.4, -0.2) is 48.9 Å². The van der Waals surface area contributed by atoms with E-state index in [1.54, 1.807) is 12.1 Å². The molecule has 2 aliphatic rings. The number of aryl methyl sites for hydroxylation is 2. The van der Waals surface area contributed by atoms with Gasteiger partial charge in [0.25, 0.3) is 17.7 Å². The molecule has 0 aromatic heterocycles. The number of fused-ring (bicyclic) bond motifs is 1. The van der Waals surface area contributed by atoms with Crippen molar-refractivity contribution in [2.45, 2.75) is 20.4 Å². The molecule has 0 unspecified atom stereocenters. The van der Waals surface area contributed by atoms with Gasteiger partial charge in [0.1, 0.15) is 0 Å². The highest BCUT2D eigenvalue weighted by molar-refractivity contribution is 6.35. The van der Waals surface area contributed by atoms with Gasteiger partial charge in [-0.05, 0) is 66.9 Å². The van der Waals surface area contributed by atoms with E-state index in [4.69, 9.17) is 4.74 Å². The van der Waals surface area contributed by atoms with Crippen molar-refractivity contribution in [1.82, 2.24) is 4.90 Å². The Hall–Kier alpha value is -3.81. The van der Waals surface area contributed by atoms with Crippen molar-refractivity contribution in [1.29, 1.82) is 0 Å². The minimum atomic E-state index is -0.416. The van der Waals surface area contributed by atoms with Gasteiger partial charge in [-0.25, -0.2) is 4.90 Å². The third kappa shape index (κ3) is 4.60. The topological polar surface area (TPSA) is 79.0 Å². The number of hydrogen-bond acceptors (Lipinski definition) is 5. The summed E-state index contributed by atoms with van der Waals surface area (Å²) in [7, 11) is 0. The monoisotopic (exact) mass is 469 g/mol. The highest BCUT2D eigenvalue weighted by Gasteiger charge is 2.37. The molecule has 3 aromatic rings. The Morgan fingerprint density at radius 3 is 2.49 bits per heavy atom. The number of carbonyl (C=O) groups is 3. The van der Waals surface area contributed by atoms with Crippen LogP contribution in [0.1, 0.15) is 47.8 Å². The molecule has 5 rings (SSSR count). The lowest BCUT2D eigenvalue weighted by Gasteiger charge is -2.26. The Morgan fingerprint density at radius 1 is 0.914 bits per heavy atom. The fraction of sp³-hybridized carbons (Fsp3) is 0.250.